The summed E-state index contributed by atoms with van der Waals surface area (Å²) in [5, 5.41) is 0. The van der Waals surface area contributed by atoms with Gasteiger partial charge < -0.3 is 0 Å². The van der Waals surface area contributed by atoms with Gasteiger partial charge in [-0.3, -0.25) is 4.99 Å². The van der Waals surface area contributed by atoms with Gasteiger partial charge in [0.1, 0.15) is 0 Å². The predicted octanol–water partition coefficient (Wildman–Crippen LogP) is 2.46. The fourth-order valence-corrected chi connectivity index (χ4v) is 0.670. The Kier molecular flexibility index (Phi) is 4.55. The van der Waals surface area contributed by atoms with Crippen LogP contribution in [0.4, 0.5) is 0 Å². The van der Waals surface area contributed by atoms with Crippen molar-refractivity contribution in [3.05, 3.63) is 24.3 Å². The molecule has 0 aromatic heterocycles. The molecule has 0 heterocycles. The zero-order valence-corrected chi connectivity index (χ0v) is 6.96. The van der Waals surface area contributed by atoms with Crippen molar-refractivity contribution >= 4 is 6.21 Å². The molecule has 1 heteroatoms. The highest BCUT2D eigenvalue weighted by atomic mass is 14.6. The summed E-state index contributed by atoms with van der Waals surface area (Å²) >= 11 is 0. The largest absolute Gasteiger partial charge is 0.296 e. The summed E-state index contributed by atoms with van der Waals surface area (Å²) in [4.78, 5) is 3.93. The van der Waals surface area contributed by atoms with Crippen LogP contribution in [-0.2, 0) is 0 Å². The van der Waals surface area contributed by atoms with Crippen LogP contribution in [0.25, 0.3) is 0 Å². The number of allylic oxidation sites excluding steroid dienone is 3. The molecule has 0 rings (SSSR count). The van der Waals surface area contributed by atoms with Crippen LogP contribution >= 0.6 is 0 Å². The third-order valence-electron chi connectivity index (χ3n) is 1.26. The van der Waals surface area contributed by atoms with E-state index in [2.05, 4.69) is 25.4 Å². The first-order valence-corrected chi connectivity index (χ1v) is 3.47. The first-order valence-electron chi connectivity index (χ1n) is 3.47. The van der Waals surface area contributed by atoms with Gasteiger partial charge in [0.15, 0.2) is 0 Å². The molecule has 10 heavy (non-hydrogen) atoms. The van der Waals surface area contributed by atoms with Gasteiger partial charge in [0.25, 0.3) is 0 Å². The zero-order valence-electron chi connectivity index (χ0n) is 6.96. The zero-order chi connectivity index (χ0) is 7.98. The molecule has 0 aliphatic carbocycles. The van der Waals surface area contributed by atoms with Gasteiger partial charge in [-0.05, 0) is 11.5 Å². The maximum absolute atomic E-state index is 3.93. The van der Waals surface area contributed by atoms with E-state index in [0.717, 1.165) is 0 Å². The molecule has 0 bridgehead atoms. The van der Waals surface area contributed by atoms with Crippen molar-refractivity contribution in [2.45, 2.75) is 13.8 Å². The predicted molar refractivity (Wildman–Crippen MR) is 47.5 cm³/mol. The molecule has 0 saturated heterocycles. The van der Waals surface area contributed by atoms with Crippen molar-refractivity contribution in [3.63, 3.8) is 0 Å². The monoisotopic (exact) mass is 137 g/mol. The molecule has 0 aromatic carbocycles. The maximum Gasteiger partial charge on any atom is 0.0277 e. The molecule has 0 saturated carbocycles. The van der Waals surface area contributed by atoms with Crippen molar-refractivity contribution in [1.29, 1.82) is 0 Å². The molecule has 0 radical (unpaired) electrons. The number of nitrogens with zero attached hydrogens (tertiary/aromatic N) is 1. The van der Waals surface area contributed by atoms with Crippen molar-refractivity contribution in [1.82, 2.24) is 0 Å². The van der Waals surface area contributed by atoms with Gasteiger partial charge in [-0.2, -0.15) is 0 Å². The van der Waals surface area contributed by atoms with E-state index in [1.54, 1.807) is 13.1 Å². The fourth-order valence-electron chi connectivity index (χ4n) is 0.670. The van der Waals surface area contributed by atoms with Gasteiger partial charge in [-0.25, -0.2) is 0 Å². The third-order valence-corrected chi connectivity index (χ3v) is 1.26. The summed E-state index contributed by atoms with van der Waals surface area (Å²) in [5.74, 6) is 0.529. The lowest BCUT2D eigenvalue weighted by molar-refractivity contribution is 0.806. The quantitative estimate of drug-likeness (QED) is 0.418. The molecule has 0 amide bonds. The first kappa shape index (κ1) is 9.15. The van der Waals surface area contributed by atoms with Gasteiger partial charge in [0.2, 0.25) is 0 Å². The second-order valence-electron chi connectivity index (χ2n) is 2.44. The Labute approximate surface area is 63.2 Å². The first-order chi connectivity index (χ1) is 4.72. The lowest BCUT2D eigenvalue weighted by Gasteiger charge is -2.02. The van der Waals surface area contributed by atoms with Crippen molar-refractivity contribution < 1.29 is 0 Å². The van der Waals surface area contributed by atoms with Gasteiger partial charge in [-0.15, -0.1) is 0 Å². The molecule has 1 nitrogen and oxygen atoms in total. The van der Waals surface area contributed by atoms with Crippen LogP contribution in [0.1, 0.15) is 13.8 Å². The van der Waals surface area contributed by atoms with Crippen LogP contribution in [-0.4, -0.2) is 13.3 Å². The molecule has 0 N–H and O–H groups in total. The average molecular weight is 137 g/mol. The summed E-state index contributed by atoms with van der Waals surface area (Å²) < 4.78 is 0. The van der Waals surface area contributed by atoms with E-state index in [1.165, 1.54) is 5.57 Å². The van der Waals surface area contributed by atoms with Crippen LogP contribution < -0.4 is 0 Å². The van der Waals surface area contributed by atoms with Crippen LogP contribution in [0.5, 0.6) is 0 Å². The highest BCUT2D eigenvalue weighted by Crippen LogP contribution is 2.05. The second kappa shape index (κ2) is 4.98. The molecule has 0 aliphatic heterocycles. The molecule has 0 atom stereocenters. The lowest BCUT2D eigenvalue weighted by atomic mass is 10.0. The van der Waals surface area contributed by atoms with Gasteiger partial charge >= 0.3 is 0 Å². The molecule has 0 aromatic rings. The summed E-state index contributed by atoms with van der Waals surface area (Å²) in [6, 6.07) is 0. The summed E-state index contributed by atoms with van der Waals surface area (Å²) in [6.07, 6.45) is 5.64. The Morgan fingerprint density at radius 1 is 1.50 bits per heavy atom. The standard InChI is InChI=1S/C9H15N/c1-5-6-9(7-10-4)8(2)3/h5-8H,1H2,2-4H3/b9-6+,10-7-. The van der Waals surface area contributed by atoms with Crippen molar-refractivity contribution in [2.24, 2.45) is 10.9 Å². The topological polar surface area (TPSA) is 12.4 Å². The molecule has 0 fully saturated rings. The normalized spacial score (nSPS) is 13.0. The van der Waals surface area contributed by atoms with E-state index in [4.69, 9.17) is 0 Å². The highest BCUT2D eigenvalue weighted by Gasteiger charge is 1.96. The van der Waals surface area contributed by atoms with Gasteiger partial charge in [0, 0.05) is 13.3 Å². The minimum atomic E-state index is 0.529. The van der Waals surface area contributed by atoms with Gasteiger partial charge in [0.05, 0.1) is 0 Å². The van der Waals surface area contributed by atoms with Gasteiger partial charge in [-0.1, -0.05) is 32.6 Å². The lowest BCUT2D eigenvalue weighted by Crippen LogP contribution is -1.94. The molecular formula is C9H15N. The van der Waals surface area contributed by atoms with E-state index < -0.39 is 0 Å². The Morgan fingerprint density at radius 2 is 2.10 bits per heavy atom. The van der Waals surface area contributed by atoms with Crippen LogP contribution in [0.2, 0.25) is 0 Å². The molecule has 0 spiro atoms. The highest BCUT2D eigenvalue weighted by molar-refractivity contribution is 5.79. The summed E-state index contributed by atoms with van der Waals surface area (Å²) in [6.45, 7) is 7.90. The second-order valence-corrected chi connectivity index (χ2v) is 2.44. The van der Waals surface area contributed by atoms with Crippen LogP contribution in [0, 0.1) is 5.92 Å². The van der Waals surface area contributed by atoms with Crippen molar-refractivity contribution in [3.8, 4) is 0 Å². The number of aliphatic imine (C=N–C) groups is 1. The molecule has 56 valence electrons. The SMILES string of the molecule is C=C/C=C(\C=N/C)C(C)C. The van der Waals surface area contributed by atoms with E-state index in [9.17, 15) is 0 Å². The minimum Gasteiger partial charge on any atom is -0.296 e. The van der Waals surface area contributed by atoms with E-state index >= 15 is 0 Å². The van der Waals surface area contributed by atoms with Crippen LogP contribution in [0.3, 0.4) is 0 Å². The average Bonchev–Trinajstić information content (AvgIpc) is 1.87. The summed E-state index contributed by atoms with van der Waals surface area (Å²) in [7, 11) is 1.78. The Morgan fingerprint density at radius 3 is 2.40 bits per heavy atom. The number of hydrogen-bond acceptors (Lipinski definition) is 1. The van der Waals surface area contributed by atoms with Crippen molar-refractivity contribution in [2.75, 3.05) is 7.05 Å². The van der Waals surface area contributed by atoms with E-state index in [-0.39, 0.29) is 0 Å². The number of rotatable bonds is 3. The minimum absolute atomic E-state index is 0.529. The Hall–Kier alpha value is -0.850. The maximum atomic E-state index is 3.93. The molecule has 0 aliphatic rings. The van der Waals surface area contributed by atoms with E-state index in [0.29, 0.717) is 5.92 Å². The number of hydrogen-bond donors (Lipinski definition) is 0. The smallest absolute Gasteiger partial charge is 0.0277 e. The van der Waals surface area contributed by atoms with E-state index in [1.807, 2.05) is 12.3 Å². The van der Waals surface area contributed by atoms with Crippen LogP contribution in [0.15, 0.2) is 29.3 Å². The molecular weight excluding hydrogens is 122 g/mol. The Balaban J connectivity index is 4.25. The summed E-state index contributed by atoms with van der Waals surface area (Å²) in [5.41, 5.74) is 1.22. The molecule has 0 unspecified atom stereocenters. The Bertz CT molecular complexity index is 152. The third kappa shape index (κ3) is 3.23. The fraction of sp³-hybridized carbons (Fsp3) is 0.444.